The van der Waals surface area contributed by atoms with Crippen LogP contribution in [-0.4, -0.2) is 18.3 Å². The quantitative estimate of drug-likeness (QED) is 0.702. The topological polar surface area (TPSA) is 26.3 Å². The Bertz CT molecular complexity index is 310. The van der Waals surface area contributed by atoms with Crippen LogP contribution in [0.2, 0.25) is 0 Å². The summed E-state index contributed by atoms with van der Waals surface area (Å²) < 4.78 is 5.38. The number of alkyl halides is 1. The molecule has 0 aliphatic rings. The van der Waals surface area contributed by atoms with Crippen LogP contribution < -0.4 is 4.74 Å². The summed E-state index contributed by atoms with van der Waals surface area (Å²) in [5.74, 6) is 0.878. The van der Waals surface area contributed by atoms with Crippen molar-refractivity contribution in [3.05, 3.63) is 29.8 Å². The summed E-state index contributed by atoms with van der Waals surface area (Å²) in [5, 5.41) is 0. The van der Waals surface area contributed by atoms with E-state index in [1.165, 1.54) is 0 Å². The zero-order valence-corrected chi connectivity index (χ0v) is 8.88. The minimum atomic E-state index is 0.0133. The van der Waals surface area contributed by atoms with Crippen molar-refractivity contribution in [3.8, 4) is 5.75 Å². The smallest absolute Gasteiger partial charge is 0.150 e. The molecular weight excluding hydrogens is 200 g/mol. The number of ether oxygens (including phenoxy) is 1. The number of halogens is 1. The van der Waals surface area contributed by atoms with Crippen LogP contribution in [0.4, 0.5) is 0 Å². The van der Waals surface area contributed by atoms with E-state index in [2.05, 4.69) is 0 Å². The number of ketones is 1. The van der Waals surface area contributed by atoms with Crippen LogP contribution in [0.5, 0.6) is 5.75 Å². The van der Waals surface area contributed by atoms with Gasteiger partial charge in [-0.25, -0.2) is 0 Å². The predicted octanol–water partition coefficient (Wildman–Crippen LogP) is 2.57. The maximum Gasteiger partial charge on any atom is 0.150 e. The minimum Gasteiger partial charge on any atom is -0.493 e. The summed E-state index contributed by atoms with van der Waals surface area (Å²) in [5.41, 5.74) is 1.14. The fourth-order valence-corrected chi connectivity index (χ4v) is 1.19. The molecule has 0 amide bonds. The Morgan fingerprint density at radius 2 is 2.29 bits per heavy atom. The van der Waals surface area contributed by atoms with Gasteiger partial charge in [0.1, 0.15) is 5.75 Å². The van der Waals surface area contributed by atoms with Crippen LogP contribution in [0, 0.1) is 6.92 Å². The maximum atomic E-state index is 10.9. The van der Waals surface area contributed by atoms with Crippen LogP contribution in [0.15, 0.2) is 24.3 Å². The molecule has 0 aromatic heterocycles. The van der Waals surface area contributed by atoms with Gasteiger partial charge in [0.05, 0.1) is 12.5 Å². The third-order valence-corrected chi connectivity index (χ3v) is 2.09. The van der Waals surface area contributed by atoms with E-state index >= 15 is 0 Å². The Hall–Kier alpha value is -1.02. The van der Waals surface area contributed by atoms with E-state index in [4.69, 9.17) is 16.3 Å². The van der Waals surface area contributed by atoms with E-state index in [0.29, 0.717) is 13.0 Å². The van der Waals surface area contributed by atoms with E-state index in [1.54, 1.807) is 0 Å². The lowest BCUT2D eigenvalue weighted by Crippen LogP contribution is -2.06. The van der Waals surface area contributed by atoms with Gasteiger partial charge in [-0.3, -0.25) is 4.79 Å². The number of rotatable bonds is 5. The summed E-state index contributed by atoms with van der Waals surface area (Å²) in [6.07, 6.45) is 0.372. The highest BCUT2D eigenvalue weighted by Crippen LogP contribution is 2.12. The van der Waals surface area contributed by atoms with Crippen LogP contribution in [0.25, 0.3) is 0 Å². The first-order valence-corrected chi connectivity index (χ1v) is 5.03. The Kier molecular flexibility index (Phi) is 4.47. The largest absolute Gasteiger partial charge is 0.493 e. The molecule has 0 radical (unpaired) electrons. The van der Waals surface area contributed by atoms with Crippen molar-refractivity contribution in [2.24, 2.45) is 0 Å². The Balaban J connectivity index is 2.35. The molecule has 0 heterocycles. The van der Waals surface area contributed by atoms with Gasteiger partial charge < -0.3 is 4.74 Å². The van der Waals surface area contributed by atoms with Crippen LogP contribution in [0.3, 0.4) is 0 Å². The Labute approximate surface area is 88.8 Å². The Morgan fingerprint density at radius 1 is 1.50 bits per heavy atom. The molecule has 1 aromatic rings. The molecule has 0 saturated heterocycles. The van der Waals surface area contributed by atoms with Crippen molar-refractivity contribution >= 4 is 17.4 Å². The number of hydrogen-bond acceptors (Lipinski definition) is 2. The van der Waals surface area contributed by atoms with Crippen molar-refractivity contribution < 1.29 is 9.53 Å². The van der Waals surface area contributed by atoms with Crippen molar-refractivity contribution in [2.75, 3.05) is 12.5 Å². The number of Topliss-reactive ketones (excluding diaryl/α,β-unsaturated/α-hetero) is 1. The Morgan fingerprint density at radius 3 is 2.93 bits per heavy atom. The minimum absolute atomic E-state index is 0.0133. The lowest BCUT2D eigenvalue weighted by molar-refractivity contribution is -0.117. The zero-order valence-electron chi connectivity index (χ0n) is 8.13. The highest BCUT2D eigenvalue weighted by Gasteiger charge is 1.99. The molecule has 0 unspecified atom stereocenters. The van der Waals surface area contributed by atoms with E-state index in [9.17, 15) is 4.79 Å². The molecule has 14 heavy (non-hydrogen) atoms. The predicted molar refractivity (Wildman–Crippen MR) is 57.0 cm³/mol. The number of carbonyl (C=O) groups excluding carboxylic acids is 1. The molecule has 2 nitrogen and oxygen atoms in total. The van der Waals surface area contributed by atoms with Gasteiger partial charge in [-0.05, 0) is 24.6 Å². The first-order chi connectivity index (χ1) is 6.72. The van der Waals surface area contributed by atoms with Crippen molar-refractivity contribution in [1.82, 2.24) is 0 Å². The molecule has 0 saturated carbocycles. The maximum absolute atomic E-state index is 10.9. The summed E-state index contributed by atoms with van der Waals surface area (Å²) >= 11 is 5.35. The second kappa shape index (κ2) is 5.66. The van der Waals surface area contributed by atoms with Crippen molar-refractivity contribution in [1.29, 1.82) is 0 Å². The normalized spacial score (nSPS) is 9.86. The summed E-state index contributed by atoms with van der Waals surface area (Å²) in [4.78, 5) is 10.9. The SMILES string of the molecule is Cc1cccc(OCCC(=O)CCl)c1. The molecule has 0 N–H and O–H groups in total. The number of aryl methyl sites for hydroxylation is 1. The van der Waals surface area contributed by atoms with Gasteiger partial charge in [0, 0.05) is 6.42 Å². The molecule has 0 aliphatic heterocycles. The molecule has 76 valence electrons. The number of carbonyl (C=O) groups is 1. The fourth-order valence-electron chi connectivity index (χ4n) is 1.05. The van der Waals surface area contributed by atoms with Gasteiger partial charge in [-0.2, -0.15) is 0 Å². The summed E-state index contributed by atoms with van der Waals surface area (Å²) in [6, 6.07) is 7.73. The van der Waals surface area contributed by atoms with E-state index in [0.717, 1.165) is 11.3 Å². The van der Waals surface area contributed by atoms with Gasteiger partial charge in [-0.1, -0.05) is 12.1 Å². The average Bonchev–Trinajstić information content (AvgIpc) is 2.17. The molecule has 0 atom stereocenters. The van der Waals surface area contributed by atoms with Gasteiger partial charge in [-0.15, -0.1) is 11.6 Å². The fraction of sp³-hybridized carbons (Fsp3) is 0.364. The second-order valence-corrected chi connectivity index (χ2v) is 3.35. The van der Waals surface area contributed by atoms with Crippen LogP contribution in [0.1, 0.15) is 12.0 Å². The summed E-state index contributed by atoms with van der Waals surface area (Å²) in [7, 11) is 0. The van der Waals surface area contributed by atoms with E-state index in [-0.39, 0.29) is 11.7 Å². The van der Waals surface area contributed by atoms with Crippen LogP contribution >= 0.6 is 11.6 Å². The lowest BCUT2D eigenvalue weighted by atomic mass is 10.2. The zero-order chi connectivity index (χ0) is 10.4. The van der Waals surface area contributed by atoms with Crippen LogP contribution in [-0.2, 0) is 4.79 Å². The molecule has 0 bridgehead atoms. The lowest BCUT2D eigenvalue weighted by Gasteiger charge is -2.05. The highest BCUT2D eigenvalue weighted by molar-refractivity contribution is 6.27. The number of hydrogen-bond donors (Lipinski definition) is 0. The molecule has 0 aliphatic carbocycles. The summed E-state index contributed by atoms with van der Waals surface area (Å²) in [6.45, 7) is 2.39. The standard InChI is InChI=1S/C11H13ClO2/c1-9-3-2-4-11(7-9)14-6-5-10(13)8-12/h2-4,7H,5-6,8H2,1H3. The second-order valence-electron chi connectivity index (χ2n) is 3.09. The third kappa shape index (κ3) is 3.79. The molecule has 3 heteroatoms. The third-order valence-electron chi connectivity index (χ3n) is 1.79. The van der Waals surface area contributed by atoms with Crippen molar-refractivity contribution in [3.63, 3.8) is 0 Å². The van der Waals surface area contributed by atoms with Gasteiger partial charge in [0.25, 0.3) is 0 Å². The molecule has 0 spiro atoms. The van der Waals surface area contributed by atoms with Gasteiger partial charge >= 0.3 is 0 Å². The first-order valence-electron chi connectivity index (χ1n) is 4.49. The molecule has 1 rings (SSSR count). The molecule has 1 aromatic carbocycles. The number of benzene rings is 1. The molecular formula is C11H13ClO2. The van der Waals surface area contributed by atoms with Gasteiger partial charge in [0.15, 0.2) is 5.78 Å². The van der Waals surface area contributed by atoms with Crippen molar-refractivity contribution in [2.45, 2.75) is 13.3 Å². The van der Waals surface area contributed by atoms with E-state index in [1.807, 2.05) is 31.2 Å². The highest BCUT2D eigenvalue weighted by atomic mass is 35.5. The average molecular weight is 213 g/mol. The first kappa shape index (κ1) is 11.1. The van der Waals surface area contributed by atoms with Gasteiger partial charge in [0.2, 0.25) is 0 Å². The molecule has 0 fully saturated rings. The van der Waals surface area contributed by atoms with E-state index < -0.39 is 0 Å². The monoisotopic (exact) mass is 212 g/mol.